The van der Waals surface area contributed by atoms with Crippen LogP contribution in [0.1, 0.15) is 32.3 Å². The number of anilines is 2. The normalized spacial score (nSPS) is 10.4. The van der Waals surface area contributed by atoms with Crippen LogP contribution in [0, 0.1) is 12.3 Å². The molecule has 0 amide bonds. The fourth-order valence-electron chi connectivity index (χ4n) is 2.64. The topological polar surface area (TPSA) is 56.3 Å². The summed E-state index contributed by atoms with van der Waals surface area (Å²) in [6.45, 7) is 5.39. The van der Waals surface area contributed by atoms with Gasteiger partial charge >= 0.3 is 0 Å². The van der Waals surface area contributed by atoms with E-state index in [2.05, 4.69) is 35.1 Å². The zero-order chi connectivity index (χ0) is 19.1. The van der Waals surface area contributed by atoms with Gasteiger partial charge in [0.15, 0.2) is 11.5 Å². The van der Waals surface area contributed by atoms with Crippen molar-refractivity contribution in [1.29, 1.82) is 0 Å². The van der Waals surface area contributed by atoms with Crippen LogP contribution in [0.3, 0.4) is 0 Å². The molecule has 5 nitrogen and oxygen atoms in total. The molecule has 3 aromatic rings. The summed E-state index contributed by atoms with van der Waals surface area (Å²) in [6.07, 6.45) is 8.87. The molecular weight excluding hydrogens is 338 g/mol. The number of hydrogen-bond acceptors (Lipinski definition) is 5. The lowest BCUT2D eigenvalue weighted by molar-refractivity contribution is 0.269. The first-order chi connectivity index (χ1) is 13.2. The van der Waals surface area contributed by atoms with Crippen LogP contribution < -0.4 is 14.8 Å². The molecule has 1 heterocycles. The van der Waals surface area contributed by atoms with Gasteiger partial charge in [-0.3, -0.25) is 0 Å². The molecule has 0 radical (unpaired) electrons. The zero-order valence-corrected chi connectivity index (χ0v) is 15.7. The second-order valence-electron chi connectivity index (χ2n) is 6.09. The molecule has 1 N–H and O–H groups in total. The maximum Gasteiger partial charge on any atom is 0.163 e. The van der Waals surface area contributed by atoms with E-state index in [0.29, 0.717) is 30.5 Å². The zero-order valence-electron chi connectivity index (χ0n) is 15.7. The second-order valence-corrected chi connectivity index (χ2v) is 6.09. The molecule has 0 fully saturated rings. The van der Waals surface area contributed by atoms with Gasteiger partial charge in [-0.2, -0.15) is 0 Å². The van der Waals surface area contributed by atoms with Crippen molar-refractivity contribution in [2.45, 2.75) is 26.7 Å². The van der Waals surface area contributed by atoms with Crippen LogP contribution in [0.5, 0.6) is 11.5 Å². The Morgan fingerprint density at radius 3 is 2.44 bits per heavy atom. The van der Waals surface area contributed by atoms with Crippen LogP contribution in [0.25, 0.3) is 10.9 Å². The Morgan fingerprint density at radius 2 is 1.74 bits per heavy atom. The van der Waals surface area contributed by atoms with Gasteiger partial charge in [0.1, 0.15) is 12.1 Å². The minimum atomic E-state index is 0.620. The molecule has 3 rings (SSSR count). The van der Waals surface area contributed by atoms with Crippen LogP contribution >= 0.6 is 0 Å². The van der Waals surface area contributed by atoms with Gasteiger partial charge < -0.3 is 14.8 Å². The number of nitrogens with one attached hydrogen (secondary N) is 1. The monoisotopic (exact) mass is 361 g/mol. The highest BCUT2D eigenvalue weighted by Gasteiger charge is 2.12. The van der Waals surface area contributed by atoms with Crippen molar-refractivity contribution in [2.24, 2.45) is 0 Å². The van der Waals surface area contributed by atoms with E-state index < -0.39 is 0 Å². The SMILES string of the molecule is C#Cc1cccc(Nc2ncnc3cc(OCCC)c(OCCC)cc23)c1. The van der Waals surface area contributed by atoms with E-state index >= 15 is 0 Å². The summed E-state index contributed by atoms with van der Waals surface area (Å²) < 4.78 is 11.8. The molecule has 0 aliphatic rings. The molecule has 0 bridgehead atoms. The number of fused-ring (bicyclic) bond motifs is 1. The van der Waals surface area contributed by atoms with Gasteiger partial charge in [-0.1, -0.05) is 25.8 Å². The van der Waals surface area contributed by atoms with Gasteiger partial charge in [0.05, 0.1) is 18.7 Å². The van der Waals surface area contributed by atoms with E-state index in [9.17, 15) is 0 Å². The Labute approximate surface area is 159 Å². The molecule has 0 atom stereocenters. The quantitative estimate of drug-likeness (QED) is 0.576. The Hall–Kier alpha value is -3.26. The summed E-state index contributed by atoms with van der Waals surface area (Å²) in [5, 5.41) is 4.18. The second kappa shape index (κ2) is 8.91. The molecule has 0 saturated carbocycles. The maximum atomic E-state index is 5.90. The number of aromatic nitrogens is 2. The van der Waals surface area contributed by atoms with Crippen molar-refractivity contribution < 1.29 is 9.47 Å². The number of hydrogen-bond donors (Lipinski definition) is 1. The number of terminal acetylenes is 1. The molecule has 27 heavy (non-hydrogen) atoms. The van der Waals surface area contributed by atoms with Crippen LogP contribution in [0.4, 0.5) is 11.5 Å². The summed E-state index contributed by atoms with van der Waals surface area (Å²) in [7, 11) is 0. The molecule has 0 unspecified atom stereocenters. The smallest absolute Gasteiger partial charge is 0.163 e. The van der Waals surface area contributed by atoms with Crippen molar-refractivity contribution in [3.05, 3.63) is 48.3 Å². The van der Waals surface area contributed by atoms with Gasteiger partial charge in [-0.25, -0.2) is 9.97 Å². The van der Waals surface area contributed by atoms with E-state index in [1.165, 1.54) is 6.33 Å². The van der Waals surface area contributed by atoms with Crippen LogP contribution in [-0.4, -0.2) is 23.2 Å². The lowest BCUT2D eigenvalue weighted by atomic mass is 10.2. The first-order valence-electron chi connectivity index (χ1n) is 9.13. The van der Waals surface area contributed by atoms with Gasteiger partial charge in [-0.05, 0) is 37.1 Å². The standard InChI is InChI=1S/C22H23N3O2/c1-4-10-26-20-13-18-19(14-21(20)27-11-5-2)23-15-24-22(18)25-17-9-7-8-16(6-3)12-17/h3,7-9,12-15H,4-5,10-11H2,1-2H3,(H,23,24,25). The van der Waals surface area contributed by atoms with E-state index in [4.69, 9.17) is 15.9 Å². The molecule has 0 aliphatic carbocycles. The highest BCUT2D eigenvalue weighted by molar-refractivity contribution is 5.93. The van der Waals surface area contributed by atoms with E-state index in [1.54, 1.807) is 0 Å². The number of rotatable bonds is 8. The van der Waals surface area contributed by atoms with Crippen molar-refractivity contribution in [3.8, 4) is 23.8 Å². The summed E-state index contributed by atoms with van der Waals surface area (Å²) in [6, 6.07) is 11.5. The fourth-order valence-corrected chi connectivity index (χ4v) is 2.64. The molecule has 0 spiro atoms. The molecular formula is C22H23N3O2. The third-order valence-electron chi connectivity index (χ3n) is 3.92. The Morgan fingerprint density at radius 1 is 1.00 bits per heavy atom. The van der Waals surface area contributed by atoms with Gasteiger partial charge in [0, 0.05) is 22.7 Å². The fraction of sp³-hybridized carbons (Fsp3) is 0.273. The summed E-state index contributed by atoms with van der Waals surface area (Å²) in [5.41, 5.74) is 2.46. The van der Waals surface area contributed by atoms with Crippen LogP contribution in [0.15, 0.2) is 42.7 Å². The van der Waals surface area contributed by atoms with Crippen LogP contribution in [-0.2, 0) is 0 Å². The largest absolute Gasteiger partial charge is 0.490 e. The van der Waals surface area contributed by atoms with E-state index in [0.717, 1.165) is 35.0 Å². The molecule has 5 heteroatoms. The molecule has 138 valence electrons. The number of benzene rings is 2. The Bertz CT molecular complexity index is 963. The number of ether oxygens (including phenoxy) is 2. The highest BCUT2D eigenvalue weighted by atomic mass is 16.5. The third kappa shape index (κ3) is 4.48. The first kappa shape index (κ1) is 18.5. The molecule has 2 aromatic carbocycles. The predicted molar refractivity (Wildman–Crippen MR) is 109 cm³/mol. The van der Waals surface area contributed by atoms with E-state index in [-0.39, 0.29) is 0 Å². The van der Waals surface area contributed by atoms with E-state index in [1.807, 2.05) is 36.4 Å². The summed E-state index contributed by atoms with van der Waals surface area (Å²) >= 11 is 0. The van der Waals surface area contributed by atoms with Gasteiger partial charge in [0.2, 0.25) is 0 Å². The average Bonchev–Trinajstić information content (AvgIpc) is 2.71. The summed E-state index contributed by atoms with van der Waals surface area (Å²) in [5.74, 6) is 4.74. The third-order valence-corrected chi connectivity index (χ3v) is 3.92. The molecule has 0 aliphatic heterocycles. The lowest BCUT2D eigenvalue weighted by Gasteiger charge is -2.15. The van der Waals surface area contributed by atoms with Crippen LogP contribution in [0.2, 0.25) is 0 Å². The Balaban J connectivity index is 2.01. The lowest BCUT2D eigenvalue weighted by Crippen LogP contribution is -2.03. The Kier molecular flexibility index (Phi) is 6.11. The highest BCUT2D eigenvalue weighted by Crippen LogP contribution is 2.35. The first-order valence-corrected chi connectivity index (χ1v) is 9.13. The molecule has 0 saturated heterocycles. The number of nitrogens with zero attached hydrogens (tertiary/aromatic N) is 2. The van der Waals surface area contributed by atoms with Crippen molar-refractivity contribution in [3.63, 3.8) is 0 Å². The molecule has 1 aromatic heterocycles. The van der Waals surface area contributed by atoms with Crippen molar-refractivity contribution in [1.82, 2.24) is 9.97 Å². The van der Waals surface area contributed by atoms with Gasteiger partial charge in [-0.15, -0.1) is 6.42 Å². The average molecular weight is 361 g/mol. The predicted octanol–water partition coefficient (Wildman–Crippen LogP) is 4.93. The summed E-state index contributed by atoms with van der Waals surface area (Å²) in [4.78, 5) is 8.79. The minimum Gasteiger partial charge on any atom is -0.490 e. The van der Waals surface area contributed by atoms with Gasteiger partial charge in [0.25, 0.3) is 0 Å². The minimum absolute atomic E-state index is 0.620. The maximum absolute atomic E-state index is 5.90. The van der Waals surface area contributed by atoms with Crippen molar-refractivity contribution >= 4 is 22.4 Å². The van der Waals surface area contributed by atoms with Crippen molar-refractivity contribution in [2.75, 3.05) is 18.5 Å².